The molecule has 0 aromatic heterocycles. The second-order valence-electron chi connectivity index (χ2n) is 3.30. The summed E-state index contributed by atoms with van der Waals surface area (Å²) >= 11 is 0. The summed E-state index contributed by atoms with van der Waals surface area (Å²) in [6.07, 6.45) is 0.692. The Kier molecular flexibility index (Phi) is 5.87. The SMILES string of the molecule is CCC(C)C(NCCC(=O)O)C(=O)O. The van der Waals surface area contributed by atoms with Crippen LogP contribution in [-0.2, 0) is 9.59 Å². The molecule has 0 aliphatic rings. The van der Waals surface area contributed by atoms with Gasteiger partial charge in [0.05, 0.1) is 6.42 Å². The van der Waals surface area contributed by atoms with Gasteiger partial charge >= 0.3 is 11.9 Å². The Hall–Kier alpha value is -1.10. The van der Waals surface area contributed by atoms with Crippen LogP contribution >= 0.6 is 0 Å². The van der Waals surface area contributed by atoms with E-state index in [9.17, 15) is 9.59 Å². The third-order valence-electron chi connectivity index (χ3n) is 2.18. The van der Waals surface area contributed by atoms with E-state index in [-0.39, 0.29) is 18.9 Å². The molecule has 5 heteroatoms. The largest absolute Gasteiger partial charge is 0.481 e. The summed E-state index contributed by atoms with van der Waals surface area (Å²) in [5, 5.41) is 19.9. The van der Waals surface area contributed by atoms with Crippen molar-refractivity contribution in [3.63, 3.8) is 0 Å². The lowest BCUT2D eigenvalue weighted by atomic mass is 9.99. The number of carboxylic acid groups (broad SMARTS) is 2. The molecule has 0 aromatic rings. The molecule has 2 atom stereocenters. The highest BCUT2D eigenvalue weighted by Gasteiger charge is 2.22. The van der Waals surface area contributed by atoms with Crippen molar-refractivity contribution < 1.29 is 19.8 Å². The molecule has 0 aliphatic heterocycles. The Labute approximate surface area is 83.1 Å². The van der Waals surface area contributed by atoms with Crippen LogP contribution in [0.5, 0.6) is 0 Å². The van der Waals surface area contributed by atoms with Crippen molar-refractivity contribution in [2.75, 3.05) is 6.54 Å². The van der Waals surface area contributed by atoms with E-state index in [2.05, 4.69) is 5.32 Å². The fourth-order valence-electron chi connectivity index (χ4n) is 1.10. The van der Waals surface area contributed by atoms with Crippen molar-refractivity contribution in [2.24, 2.45) is 5.92 Å². The molecule has 0 saturated heterocycles. The minimum Gasteiger partial charge on any atom is -0.481 e. The monoisotopic (exact) mass is 203 g/mol. The van der Waals surface area contributed by atoms with Gasteiger partial charge in [-0.05, 0) is 5.92 Å². The maximum atomic E-state index is 10.8. The molecule has 0 heterocycles. The van der Waals surface area contributed by atoms with Gasteiger partial charge in [0.25, 0.3) is 0 Å². The Morgan fingerprint density at radius 3 is 2.29 bits per heavy atom. The average molecular weight is 203 g/mol. The Bertz CT molecular complexity index is 205. The van der Waals surface area contributed by atoms with Crippen molar-refractivity contribution in [3.05, 3.63) is 0 Å². The van der Waals surface area contributed by atoms with E-state index in [0.717, 1.165) is 6.42 Å². The molecule has 0 aromatic carbocycles. The zero-order valence-electron chi connectivity index (χ0n) is 8.49. The maximum Gasteiger partial charge on any atom is 0.320 e. The molecule has 14 heavy (non-hydrogen) atoms. The lowest BCUT2D eigenvalue weighted by molar-refractivity contribution is -0.142. The topological polar surface area (TPSA) is 86.6 Å². The number of carboxylic acids is 2. The predicted octanol–water partition coefficient (Wildman–Crippen LogP) is 0.550. The first kappa shape index (κ1) is 12.9. The molecule has 82 valence electrons. The van der Waals surface area contributed by atoms with Gasteiger partial charge in [0.15, 0.2) is 0 Å². The third-order valence-corrected chi connectivity index (χ3v) is 2.18. The zero-order chi connectivity index (χ0) is 11.1. The molecule has 5 nitrogen and oxygen atoms in total. The quantitative estimate of drug-likeness (QED) is 0.562. The molecule has 0 saturated carbocycles. The number of carbonyl (C=O) groups is 2. The first-order valence-corrected chi connectivity index (χ1v) is 4.67. The molecular weight excluding hydrogens is 186 g/mol. The van der Waals surface area contributed by atoms with Crippen LogP contribution in [0.4, 0.5) is 0 Å². The van der Waals surface area contributed by atoms with Crippen LogP contribution < -0.4 is 5.32 Å². The molecule has 0 spiro atoms. The van der Waals surface area contributed by atoms with Gasteiger partial charge < -0.3 is 15.5 Å². The van der Waals surface area contributed by atoms with Crippen LogP contribution in [0.15, 0.2) is 0 Å². The number of nitrogens with one attached hydrogen (secondary N) is 1. The van der Waals surface area contributed by atoms with E-state index in [1.54, 1.807) is 0 Å². The van der Waals surface area contributed by atoms with Crippen LogP contribution in [0.25, 0.3) is 0 Å². The molecule has 0 amide bonds. The minimum absolute atomic E-state index is 0.00120. The van der Waals surface area contributed by atoms with Crippen molar-refractivity contribution >= 4 is 11.9 Å². The summed E-state index contributed by atoms with van der Waals surface area (Å²) < 4.78 is 0. The molecule has 0 aliphatic carbocycles. The Balaban J connectivity index is 3.98. The van der Waals surface area contributed by atoms with Crippen LogP contribution in [0.1, 0.15) is 26.7 Å². The standard InChI is InChI=1S/C9H17NO4/c1-3-6(2)8(9(13)14)10-5-4-7(11)12/h6,8,10H,3-5H2,1-2H3,(H,11,12)(H,13,14). The van der Waals surface area contributed by atoms with Gasteiger partial charge in [0.2, 0.25) is 0 Å². The van der Waals surface area contributed by atoms with E-state index in [1.807, 2.05) is 13.8 Å². The van der Waals surface area contributed by atoms with E-state index >= 15 is 0 Å². The van der Waals surface area contributed by atoms with Crippen LogP contribution in [0.2, 0.25) is 0 Å². The van der Waals surface area contributed by atoms with Crippen LogP contribution in [0, 0.1) is 5.92 Å². The normalized spacial score (nSPS) is 14.7. The summed E-state index contributed by atoms with van der Waals surface area (Å²) in [4.78, 5) is 21.0. The van der Waals surface area contributed by atoms with Gasteiger partial charge in [0, 0.05) is 6.54 Å². The maximum absolute atomic E-state index is 10.8. The molecule has 0 radical (unpaired) electrons. The van der Waals surface area contributed by atoms with Crippen molar-refractivity contribution in [1.82, 2.24) is 5.32 Å². The Morgan fingerprint density at radius 2 is 1.93 bits per heavy atom. The van der Waals surface area contributed by atoms with Gasteiger partial charge in [-0.2, -0.15) is 0 Å². The van der Waals surface area contributed by atoms with Crippen molar-refractivity contribution in [1.29, 1.82) is 0 Å². The van der Waals surface area contributed by atoms with Gasteiger partial charge in [-0.3, -0.25) is 9.59 Å². The van der Waals surface area contributed by atoms with Crippen molar-refractivity contribution in [3.8, 4) is 0 Å². The summed E-state index contributed by atoms with van der Waals surface area (Å²) in [5.41, 5.74) is 0. The lowest BCUT2D eigenvalue weighted by Gasteiger charge is -2.19. The highest BCUT2D eigenvalue weighted by molar-refractivity contribution is 5.74. The van der Waals surface area contributed by atoms with Gasteiger partial charge in [-0.25, -0.2) is 0 Å². The molecule has 0 rings (SSSR count). The number of aliphatic carboxylic acids is 2. The van der Waals surface area contributed by atoms with E-state index in [0.29, 0.717) is 0 Å². The fourth-order valence-corrected chi connectivity index (χ4v) is 1.10. The fraction of sp³-hybridized carbons (Fsp3) is 0.778. The summed E-state index contributed by atoms with van der Waals surface area (Å²) in [6.45, 7) is 3.92. The summed E-state index contributed by atoms with van der Waals surface area (Å²) in [7, 11) is 0. The average Bonchev–Trinajstić information content (AvgIpc) is 2.10. The van der Waals surface area contributed by atoms with Gasteiger partial charge in [-0.15, -0.1) is 0 Å². The van der Waals surface area contributed by atoms with Crippen LogP contribution in [0.3, 0.4) is 0 Å². The number of hydrogen-bond acceptors (Lipinski definition) is 3. The van der Waals surface area contributed by atoms with E-state index in [4.69, 9.17) is 10.2 Å². The third kappa shape index (κ3) is 4.81. The first-order valence-electron chi connectivity index (χ1n) is 4.67. The minimum atomic E-state index is -0.926. The molecular formula is C9H17NO4. The molecule has 0 fully saturated rings. The zero-order valence-corrected chi connectivity index (χ0v) is 8.49. The van der Waals surface area contributed by atoms with Crippen molar-refractivity contribution in [2.45, 2.75) is 32.7 Å². The second-order valence-corrected chi connectivity index (χ2v) is 3.30. The van der Waals surface area contributed by atoms with Gasteiger partial charge in [-0.1, -0.05) is 20.3 Å². The number of rotatable bonds is 7. The Morgan fingerprint density at radius 1 is 1.36 bits per heavy atom. The molecule has 0 bridgehead atoms. The first-order chi connectivity index (χ1) is 6.49. The van der Waals surface area contributed by atoms with E-state index in [1.165, 1.54) is 0 Å². The van der Waals surface area contributed by atoms with Crippen LogP contribution in [-0.4, -0.2) is 34.7 Å². The highest BCUT2D eigenvalue weighted by Crippen LogP contribution is 2.07. The highest BCUT2D eigenvalue weighted by atomic mass is 16.4. The second kappa shape index (κ2) is 6.37. The summed E-state index contributed by atoms with van der Waals surface area (Å²) in [5.74, 6) is -1.85. The molecule has 3 N–H and O–H groups in total. The van der Waals surface area contributed by atoms with Gasteiger partial charge in [0.1, 0.15) is 6.04 Å². The molecule has 2 unspecified atom stereocenters. The smallest absolute Gasteiger partial charge is 0.320 e. The number of hydrogen-bond donors (Lipinski definition) is 3. The van der Waals surface area contributed by atoms with E-state index < -0.39 is 18.0 Å². The lowest BCUT2D eigenvalue weighted by Crippen LogP contribution is -2.42. The predicted molar refractivity (Wildman–Crippen MR) is 51.1 cm³/mol. The summed E-state index contributed by atoms with van der Waals surface area (Å²) in [6, 6.07) is -0.653.